The van der Waals surface area contributed by atoms with Crippen molar-refractivity contribution in [3.8, 4) is 5.75 Å². The van der Waals surface area contributed by atoms with Crippen LogP contribution in [0.3, 0.4) is 0 Å². The molecule has 0 aliphatic heterocycles. The number of carbonyl (C=O) groups is 1. The molecular weight excluding hydrogens is 204 g/mol. The van der Waals surface area contributed by atoms with Crippen LogP contribution in [0.2, 0.25) is 0 Å². The maximum Gasteiger partial charge on any atom is 0.303 e. The van der Waals surface area contributed by atoms with Crippen LogP contribution in [0.4, 0.5) is 0 Å². The first-order valence-electron chi connectivity index (χ1n) is 5.50. The topological polar surface area (TPSA) is 35.5 Å². The number of carbonyl (C=O) groups excluding carboxylic acids is 1. The molecule has 0 aromatic heterocycles. The molecule has 0 saturated heterocycles. The monoisotopic (exact) mass is 222 g/mol. The van der Waals surface area contributed by atoms with E-state index in [2.05, 4.69) is 6.92 Å². The van der Waals surface area contributed by atoms with Crippen molar-refractivity contribution in [1.82, 2.24) is 0 Å². The van der Waals surface area contributed by atoms with Crippen molar-refractivity contribution in [1.29, 1.82) is 0 Å². The summed E-state index contributed by atoms with van der Waals surface area (Å²) >= 11 is 0. The van der Waals surface area contributed by atoms with Gasteiger partial charge < -0.3 is 9.47 Å². The quantitative estimate of drug-likeness (QED) is 0.718. The lowest BCUT2D eigenvalue weighted by Crippen LogP contribution is -2.20. The predicted octanol–water partition coefficient (Wildman–Crippen LogP) is 2.58. The maximum atomic E-state index is 10.7. The number of ether oxygens (including phenoxy) is 2. The van der Waals surface area contributed by atoms with Gasteiger partial charge in [0.25, 0.3) is 0 Å². The fraction of sp³-hybridized carbons (Fsp3) is 0.462. The van der Waals surface area contributed by atoms with Gasteiger partial charge in [0, 0.05) is 6.92 Å². The van der Waals surface area contributed by atoms with E-state index in [0.29, 0.717) is 6.61 Å². The highest BCUT2D eigenvalue weighted by Crippen LogP contribution is 2.13. The van der Waals surface area contributed by atoms with Crippen molar-refractivity contribution < 1.29 is 14.3 Å². The molecule has 88 valence electrons. The molecule has 0 heterocycles. The molecule has 3 heteroatoms. The van der Waals surface area contributed by atoms with Crippen LogP contribution in [0.15, 0.2) is 24.3 Å². The molecule has 0 N–H and O–H groups in total. The molecule has 0 fully saturated rings. The van der Waals surface area contributed by atoms with E-state index in [1.807, 2.05) is 31.2 Å². The third-order valence-electron chi connectivity index (χ3n) is 2.18. The molecule has 0 aliphatic carbocycles. The van der Waals surface area contributed by atoms with Gasteiger partial charge in [0.15, 0.2) is 0 Å². The lowest BCUT2D eigenvalue weighted by atomic mass is 10.2. The molecule has 0 radical (unpaired) electrons. The maximum absolute atomic E-state index is 10.7. The summed E-state index contributed by atoms with van der Waals surface area (Å²) in [5.41, 5.74) is 1.28. The zero-order valence-electron chi connectivity index (χ0n) is 10.0. The third-order valence-corrected chi connectivity index (χ3v) is 2.18. The van der Waals surface area contributed by atoms with E-state index < -0.39 is 0 Å². The SMILES string of the molecule is CCc1ccc(OCC(C)OC(C)=O)cc1. The summed E-state index contributed by atoms with van der Waals surface area (Å²) in [5, 5.41) is 0. The molecule has 1 rings (SSSR count). The van der Waals surface area contributed by atoms with Gasteiger partial charge in [0.05, 0.1) is 0 Å². The van der Waals surface area contributed by atoms with Crippen LogP contribution in [0, 0.1) is 0 Å². The van der Waals surface area contributed by atoms with E-state index in [-0.39, 0.29) is 12.1 Å². The van der Waals surface area contributed by atoms with Gasteiger partial charge in [-0.05, 0) is 31.0 Å². The zero-order valence-corrected chi connectivity index (χ0v) is 10.0. The molecule has 1 aromatic rings. The van der Waals surface area contributed by atoms with Gasteiger partial charge in [-0.25, -0.2) is 0 Å². The molecule has 1 atom stereocenters. The van der Waals surface area contributed by atoms with E-state index >= 15 is 0 Å². The third kappa shape index (κ3) is 4.34. The molecule has 3 nitrogen and oxygen atoms in total. The summed E-state index contributed by atoms with van der Waals surface area (Å²) in [6.45, 7) is 5.69. The summed E-state index contributed by atoms with van der Waals surface area (Å²) in [7, 11) is 0. The van der Waals surface area contributed by atoms with Crippen molar-refractivity contribution in [3.05, 3.63) is 29.8 Å². The highest BCUT2D eigenvalue weighted by Gasteiger charge is 2.05. The first kappa shape index (κ1) is 12.6. The van der Waals surface area contributed by atoms with Crippen LogP contribution in [0.25, 0.3) is 0 Å². The van der Waals surface area contributed by atoms with Gasteiger partial charge in [-0.15, -0.1) is 0 Å². The first-order chi connectivity index (χ1) is 7.61. The van der Waals surface area contributed by atoms with Crippen molar-refractivity contribution in [3.63, 3.8) is 0 Å². The summed E-state index contributed by atoms with van der Waals surface area (Å²) in [6.07, 6.45) is 0.799. The Hall–Kier alpha value is -1.51. The number of aryl methyl sites for hydroxylation is 1. The molecule has 16 heavy (non-hydrogen) atoms. The second-order valence-electron chi connectivity index (χ2n) is 3.73. The van der Waals surface area contributed by atoms with Crippen LogP contribution in [-0.4, -0.2) is 18.7 Å². The average molecular weight is 222 g/mol. The number of hydrogen-bond acceptors (Lipinski definition) is 3. The normalized spacial score (nSPS) is 11.9. The Bertz CT molecular complexity index is 330. The van der Waals surface area contributed by atoms with Crippen LogP contribution in [-0.2, 0) is 16.0 Å². The van der Waals surface area contributed by atoms with Gasteiger partial charge >= 0.3 is 5.97 Å². The number of benzene rings is 1. The van der Waals surface area contributed by atoms with E-state index in [1.54, 1.807) is 0 Å². The minimum Gasteiger partial charge on any atom is -0.490 e. The van der Waals surface area contributed by atoms with Crippen molar-refractivity contribution in [2.45, 2.75) is 33.3 Å². The Morgan fingerprint density at radius 1 is 1.31 bits per heavy atom. The minimum absolute atomic E-state index is 0.219. The highest BCUT2D eigenvalue weighted by molar-refractivity contribution is 5.66. The van der Waals surface area contributed by atoms with Crippen molar-refractivity contribution >= 4 is 5.97 Å². The van der Waals surface area contributed by atoms with Crippen LogP contribution < -0.4 is 4.74 Å². The summed E-state index contributed by atoms with van der Waals surface area (Å²) in [4.78, 5) is 10.7. The first-order valence-corrected chi connectivity index (χ1v) is 5.50. The van der Waals surface area contributed by atoms with Gasteiger partial charge in [0.2, 0.25) is 0 Å². The molecule has 0 spiro atoms. The summed E-state index contributed by atoms with van der Waals surface area (Å²) in [5.74, 6) is 0.522. The smallest absolute Gasteiger partial charge is 0.303 e. The Balaban J connectivity index is 2.39. The Kier molecular flexibility index (Phi) is 4.83. The number of hydrogen-bond donors (Lipinski definition) is 0. The van der Waals surface area contributed by atoms with Crippen LogP contribution in [0.1, 0.15) is 26.3 Å². The summed E-state index contributed by atoms with van der Waals surface area (Å²) in [6, 6.07) is 7.93. The van der Waals surface area contributed by atoms with E-state index in [0.717, 1.165) is 12.2 Å². The Morgan fingerprint density at radius 3 is 2.44 bits per heavy atom. The van der Waals surface area contributed by atoms with E-state index in [1.165, 1.54) is 12.5 Å². The molecule has 0 amide bonds. The molecule has 1 aromatic carbocycles. The van der Waals surface area contributed by atoms with Gasteiger partial charge in [-0.3, -0.25) is 4.79 Å². The fourth-order valence-electron chi connectivity index (χ4n) is 1.35. The Morgan fingerprint density at radius 2 is 1.94 bits per heavy atom. The fourth-order valence-corrected chi connectivity index (χ4v) is 1.35. The van der Waals surface area contributed by atoms with Gasteiger partial charge in [0.1, 0.15) is 18.5 Å². The largest absolute Gasteiger partial charge is 0.490 e. The van der Waals surface area contributed by atoms with Crippen LogP contribution in [0.5, 0.6) is 5.75 Å². The van der Waals surface area contributed by atoms with Crippen molar-refractivity contribution in [2.75, 3.05) is 6.61 Å². The molecule has 0 aliphatic rings. The number of rotatable bonds is 5. The molecule has 0 bridgehead atoms. The lowest BCUT2D eigenvalue weighted by molar-refractivity contribution is -0.146. The lowest BCUT2D eigenvalue weighted by Gasteiger charge is -2.13. The standard InChI is InChI=1S/C13H18O3/c1-4-12-5-7-13(8-6-12)15-9-10(2)16-11(3)14/h5-8,10H,4,9H2,1-3H3. The van der Waals surface area contributed by atoms with Gasteiger partial charge in [-0.1, -0.05) is 19.1 Å². The van der Waals surface area contributed by atoms with E-state index in [4.69, 9.17) is 9.47 Å². The van der Waals surface area contributed by atoms with E-state index in [9.17, 15) is 4.79 Å². The van der Waals surface area contributed by atoms with Crippen molar-refractivity contribution in [2.24, 2.45) is 0 Å². The zero-order chi connectivity index (χ0) is 12.0. The molecule has 0 saturated carbocycles. The minimum atomic E-state index is -0.280. The second kappa shape index (κ2) is 6.16. The van der Waals surface area contributed by atoms with Gasteiger partial charge in [-0.2, -0.15) is 0 Å². The Labute approximate surface area is 96.4 Å². The molecule has 1 unspecified atom stereocenters. The average Bonchev–Trinajstić information content (AvgIpc) is 2.26. The summed E-state index contributed by atoms with van der Waals surface area (Å²) < 4.78 is 10.4. The molecular formula is C13H18O3. The predicted molar refractivity (Wildman–Crippen MR) is 62.5 cm³/mol. The highest BCUT2D eigenvalue weighted by atomic mass is 16.6. The van der Waals surface area contributed by atoms with Crippen LogP contribution >= 0.6 is 0 Å². The second-order valence-corrected chi connectivity index (χ2v) is 3.73. The number of esters is 1.